The number of hydrogen-bond donors (Lipinski definition) is 2. The molecule has 0 fully saturated rings. The average Bonchev–Trinajstić information content (AvgIpc) is 2.04. The van der Waals surface area contributed by atoms with Crippen LogP contribution in [0.2, 0.25) is 0 Å². The molecule has 0 aliphatic rings. The minimum Gasteiger partial charge on any atom is -0.510 e. The maximum absolute atomic E-state index is 9.22. The minimum atomic E-state index is 0. The Morgan fingerprint density at radius 1 is 1.31 bits per heavy atom. The van der Waals surface area contributed by atoms with Crippen LogP contribution in [-0.4, -0.2) is 5.11 Å². The van der Waals surface area contributed by atoms with Gasteiger partial charge < -0.3 is 10.8 Å². The molecule has 0 aliphatic heterocycles. The van der Waals surface area contributed by atoms with Gasteiger partial charge in [-0.2, -0.15) is 0 Å². The van der Waals surface area contributed by atoms with E-state index in [4.69, 9.17) is 5.73 Å². The Labute approximate surface area is 100 Å². The van der Waals surface area contributed by atoms with Gasteiger partial charge in [0, 0.05) is 31.1 Å². The van der Waals surface area contributed by atoms with Crippen molar-refractivity contribution in [2.75, 3.05) is 5.73 Å². The van der Waals surface area contributed by atoms with Crippen molar-refractivity contribution in [1.82, 2.24) is 0 Å². The summed E-state index contributed by atoms with van der Waals surface area (Å²) in [7, 11) is 0. The van der Waals surface area contributed by atoms with E-state index in [-0.39, 0.29) is 36.9 Å². The fourth-order valence-electron chi connectivity index (χ4n) is 1.25. The maximum Gasteiger partial charge on any atom is 0.0994 e. The number of hydrogen-bond acceptors (Lipinski definition) is 2. The Morgan fingerprint density at radius 3 is 2.85 bits per heavy atom. The number of rotatable bonds is 0. The molecular formula is C10H8NOU-. The number of benzene rings is 2. The average molecular weight is 396 g/mol. The van der Waals surface area contributed by atoms with Crippen LogP contribution in [0.25, 0.3) is 10.8 Å². The van der Waals surface area contributed by atoms with E-state index in [1.54, 1.807) is 12.1 Å². The van der Waals surface area contributed by atoms with E-state index < -0.39 is 0 Å². The van der Waals surface area contributed by atoms with Gasteiger partial charge in [0.2, 0.25) is 0 Å². The zero-order valence-electron chi connectivity index (χ0n) is 6.91. The molecule has 2 nitrogen and oxygen atoms in total. The third-order valence-corrected chi connectivity index (χ3v) is 1.78. The summed E-state index contributed by atoms with van der Waals surface area (Å²) in [5.41, 5.74) is 6.23. The monoisotopic (exact) mass is 396 g/mol. The first-order chi connectivity index (χ1) is 5.77. The number of nitrogen functional groups attached to an aromatic ring is 1. The van der Waals surface area contributed by atoms with Crippen molar-refractivity contribution < 1.29 is 36.2 Å². The molecule has 0 bridgehead atoms. The van der Waals surface area contributed by atoms with E-state index in [9.17, 15) is 5.11 Å². The second-order valence-corrected chi connectivity index (χ2v) is 2.67. The fraction of sp³-hybridized carbons (Fsp3) is 0. The molecule has 0 aliphatic carbocycles. The molecule has 0 saturated heterocycles. The van der Waals surface area contributed by atoms with E-state index in [1.165, 1.54) is 6.07 Å². The predicted molar refractivity (Wildman–Crippen MR) is 48.9 cm³/mol. The topological polar surface area (TPSA) is 46.2 Å². The molecule has 0 atom stereocenters. The molecule has 3 heteroatoms. The molecule has 0 unspecified atom stereocenters. The fourth-order valence-corrected chi connectivity index (χ4v) is 1.25. The van der Waals surface area contributed by atoms with Crippen molar-refractivity contribution in [2.45, 2.75) is 0 Å². The molecule has 0 spiro atoms. The maximum atomic E-state index is 9.22. The Morgan fingerprint density at radius 2 is 2.08 bits per heavy atom. The van der Waals surface area contributed by atoms with Crippen LogP contribution in [0.15, 0.2) is 30.3 Å². The predicted octanol–water partition coefficient (Wildman–Crippen LogP) is 1.93. The standard InChI is InChI=1S/C10H8NO.U/c11-10-6-8(12)5-7-3-1-2-4-9(7)10;/h1-3,5-6,12H,11H2;/q-1;. The zero-order valence-corrected chi connectivity index (χ0v) is 11.1. The van der Waals surface area contributed by atoms with Crippen molar-refractivity contribution >= 4 is 16.5 Å². The molecule has 2 aromatic carbocycles. The number of anilines is 1. The van der Waals surface area contributed by atoms with E-state index in [0.29, 0.717) is 5.69 Å². The van der Waals surface area contributed by atoms with Crippen molar-refractivity contribution in [3.63, 3.8) is 0 Å². The van der Waals surface area contributed by atoms with E-state index >= 15 is 0 Å². The van der Waals surface area contributed by atoms with Crippen molar-refractivity contribution in [2.24, 2.45) is 0 Å². The van der Waals surface area contributed by atoms with Crippen LogP contribution in [0.3, 0.4) is 0 Å². The van der Waals surface area contributed by atoms with Gasteiger partial charge in [0.15, 0.2) is 0 Å². The quantitative estimate of drug-likeness (QED) is 0.528. The van der Waals surface area contributed by atoms with Gasteiger partial charge in [0.25, 0.3) is 0 Å². The van der Waals surface area contributed by atoms with Crippen molar-refractivity contribution in [3.8, 4) is 5.75 Å². The SMILES string of the molecule is Nc1cc(O)cc2ccc[c-]c12.[U]. The number of fused-ring (bicyclic) bond motifs is 1. The smallest absolute Gasteiger partial charge is 0.0994 e. The van der Waals surface area contributed by atoms with Crippen LogP contribution >= 0.6 is 0 Å². The summed E-state index contributed by atoms with van der Waals surface area (Å²) in [5, 5.41) is 11.0. The minimum absolute atomic E-state index is 0. The van der Waals surface area contributed by atoms with E-state index in [1.807, 2.05) is 12.1 Å². The molecule has 2 rings (SSSR count). The van der Waals surface area contributed by atoms with Crippen molar-refractivity contribution in [3.05, 3.63) is 36.4 Å². The van der Waals surface area contributed by atoms with Gasteiger partial charge in [-0.1, -0.05) is 6.07 Å². The Kier molecular flexibility index (Phi) is 3.24. The Bertz CT molecular complexity index is 428. The first-order valence-corrected chi connectivity index (χ1v) is 3.66. The second kappa shape index (κ2) is 4.04. The van der Waals surface area contributed by atoms with E-state index in [0.717, 1.165) is 10.8 Å². The summed E-state index contributed by atoms with van der Waals surface area (Å²) in [6.45, 7) is 0. The molecule has 64 valence electrons. The van der Waals surface area contributed by atoms with Gasteiger partial charge in [-0.05, 0) is 11.8 Å². The number of phenols is 1. The van der Waals surface area contributed by atoms with Gasteiger partial charge in [0.05, 0.1) is 5.75 Å². The molecule has 2 aromatic rings. The summed E-state index contributed by atoms with van der Waals surface area (Å²) >= 11 is 0. The molecule has 3 N–H and O–H groups in total. The van der Waals surface area contributed by atoms with E-state index in [2.05, 4.69) is 6.07 Å². The molecule has 0 heterocycles. The largest absolute Gasteiger partial charge is 0.510 e. The number of aromatic hydroxyl groups is 1. The van der Waals surface area contributed by atoms with Crippen LogP contribution in [0.5, 0.6) is 5.75 Å². The van der Waals surface area contributed by atoms with Gasteiger partial charge in [-0.15, -0.1) is 35.0 Å². The van der Waals surface area contributed by atoms with Crippen LogP contribution in [0.4, 0.5) is 5.69 Å². The zero-order chi connectivity index (χ0) is 8.55. The normalized spacial score (nSPS) is 9.54. The third-order valence-electron chi connectivity index (χ3n) is 1.78. The summed E-state index contributed by atoms with van der Waals surface area (Å²) in [6, 6.07) is 11.8. The number of nitrogens with two attached hydrogens (primary N) is 1. The molecule has 13 heavy (non-hydrogen) atoms. The molecule has 0 radical (unpaired) electrons. The van der Waals surface area contributed by atoms with Gasteiger partial charge >= 0.3 is 0 Å². The molecule has 0 aromatic heterocycles. The summed E-state index contributed by atoms with van der Waals surface area (Å²) < 4.78 is 0. The van der Waals surface area contributed by atoms with Gasteiger partial charge in [-0.3, -0.25) is 0 Å². The van der Waals surface area contributed by atoms with Gasteiger partial charge in [0.1, 0.15) is 0 Å². The summed E-state index contributed by atoms with van der Waals surface area (Å²) in [5.74, 6) is 0.194. The summed E-state index contributed by atoms with van der Waals surface area (Å²) in [4.78, 5) is 0. The Balaban J connectivity index is 0.000000845. The molecular weight excluding hydrogens is 388 g/mol. The second-order valence-electron chi connectivity index (χ2n) is 2.67. The van der Waals surface area contributed by atoms with Crippen LogP contribution in [0.1, 0.15) is 0 Å². The first kappa shape index (κ1) is 10.4. The van der Waals surface area contributed by atoms with Crippen LogP contribution < -0.4 is 5.73 Å². The molecule has 0 amide bonds. The number of phenolic OH excluding ortho intramolecular Hbond substituents is 1. The third kappa shape index (κ3) is 1.99. The molecule has 0 saturated carbocycles. The first-order valence-electron chi connectivity index (χ1n) is 3.66. The van der Waals surface area contributed by atoms with Crippen LogP contribution in [-0.2, 0) is 0 Å². The Hall–Kier alpha value is -0.648. The van der Waals surface area contributed by atoms with Crippen molar-refractivity contribution in [1.29, 1.82) is 0 Å². The van der Waals surface area contributed by atoms with Crippen LogP contribution in [0, 0.1) is 37.2 Å². The summed E-state index contributed by atoms with van der Waals surface area (Å²) in [6.07, 6.45) is 0. The van der Waals surface area contributed by atoms with Gasteiger partial charge in [-0.25, -0.2) is 0 Å².